The molecule has 0 spiro atoms. The highest BCUT2D eigenvalue weighted by atomic mass is 19.4. The third-order valence-corrected chi connectivity index (χ3v) is 7.19. The van der Waals surface area contributed by atoms with Crippen LogP contribution in [0, 0.1) is 5.41 Å². The molecular weight excluding hydrogens is 469 g/mol. The van der Waals surface area contributed by atoms with Gasteiger partial charge in [0.25, 0.3) is 0 Å². The zero-order chi connectivity index (χ0) is 25.9. The molecule has 2 atom stereocenters. The third kappa shape index (κ3) is 5.61. The average molecular weight is 501 g/mol. The Morgan fingerprint density at radius 1 is 1.14 bits per heavy atom. The SMILES string of the molecule is COc1ccc2cc(C[C@@H](CNC(=O)C[C@H](c3ccncc3)C3(C(F)(F)F)CC3)N(C)C)ccc2n1. The molecule has 1 N–H and O–H groups in total. The number of nitrogens with zero attached hydrogens (tertiary/aromatic N) is 3. The molecule has 1 aliphatic carbocycles. The van der Waals surface area contributed by atoms with Crippen molar-refractivity contribution in [2.75, 3.05) is 27.7 Å². The van der Waals surface area contributed by atoms with Crippen molar-refractivity contribution in [1.82, 2.24) is 20.2 Å². The second-order valence-electron chi connectivity index (χ2n) is 9.70. The lowest BCUT2D eigenvalue weighted by Gasteiger charge is -2.30. The van der Waals surface area contributed by atoms with E-state index in [4.69, 9.17) is 4.74 Å². The Kier molecular flexibility index (Phi) is 7.49. The fourth-order valence-electron chi connectivity index (χ4n) is 4.79. The maximum absolute atomic E-state index is 13.9. The number of halogens is 3. The van der Waals surface area contributed by atoms with Crippen LogP contribution < -0.4 is 10.1 Å². The lowest BCUT2D eigenvalue weighted by atomic mass is 9.80. The van der Waals surface area contributed by atoms with Crippen molar-refractivity contribution in [1.29, 1.82) is 0 Å². The molecule has 9 heteroatoms. The Balaban J connectivity index is 1.43. The number of nitrogens with one attached hydrogen (secondary N) is 1. The molecule has 1 amide bonds. The Morgan fingerprint density at radius 3 is 2.47 bits per heavy atom. The van der Waals surface area contributed by atoms with Gasteiger partial charge in [0.15, 0.2) is 0 Å². The Morgan fingerprint density at radius 2 is 1.86 bits per heavy atom. The van der Waals surface area contributed by atoms with Crippen molar-refractivity contribution in [2.24, 2.45) is 5.41 Å². The first-order valence-corrected chi connectivity index (χ1v) is 12.0. The number of likely N-dealkylation sites (N-methyl/N-ethyl adjacent to an activating group) is 1. The highest BCUT2D eigenvalue weighted by Gasteiger charge is 2.67. The number of hydrogen-bond acceptors (Lipinski definition) is 5. The maximum atomic E-state index is 13.9. The molecule has 192 valence electrons. The summed E-state index contributed by atoms with van der Waals surface area (Å²) in [4.78, 5) is 23.3. The van der Waals surface area contributed by atoms with Gasteiger partial charge in [-0.15, -0.1) is 0 Å². The molecule has 1 fully saturated rings. The van der Waals surface area contributed by atoms with E-state index in [1.165, 1.54) is 12.4 Å². The molecule has 2 heterocycles. The molecule has 0 bridgehead atoms. The van der Waals surface area contributed by atoms with E-state index in [1.807, 2.05) is 43.3 Å². The number of hydrogen-bond donors (Lipinski definition) is 1. The van der Waals surface area contributed by atoms with Gasteiger partial charge >= 0.3 is 6.18 Å². The number of amides is 1. The Hall–Kier alpha value is -3.20. The Bertz CT molecular complexity index is 1200. The number of aromatic nitrogens is 2. The smallest absolute Gasteiger partial charge is 0.395 e. The lowest BCUT2D eigenvalue weighted by molar-refractivity contribution is -0.194. The zero-order valence-electron chi connectivity index (χ0n) is 20.7. The number of ether oxygens (including phenoxy) is 1. The van der Waals surface area contributed by atoms with Gasteiger partial charge < -0.3 is 15.0 Å². The number of rotatable bonds is 10. The van der Waals surface area contributed by atoms with Crippen LogP contribution in [0.3, 0.4) is 0 Å². The van der Waals surface area contributed by atoms with Gasteiger partial charge in [0.1, 0.15) is 0 Å². The van der Waals surface area contributed by atoms with E-state index in [2.05, 4.69) is 21.4 Å². The summed E-state index contributed by atoms with van der Waals surface area (Å²) in [6.07, 6.45) is -0.877. The quantitative estimate of drug-likeness (QED) is 0.436. The van der Waals surface area contributed by atoms with E-state index >= 15 is 0 Å². The lowest BCUT2D eigenvalue weighted by Crippen LogP contribution is -2.42. The van der Waals surface area contributed by atoms with Crippen LogP contribution in [0.15, 0.2) is 54.9 Å². The standard InChI is InChI=1S/C27H31F3N4O2/c1-34(2)21(15-18-4-6-23-20(14-18)5-7-25(33-23)36-3)17-32-24(35)16-22(19-8-12-31-13-9-19)26(10-11-26)27(28,29)30/h4-9,12-14,21-22H,10-11,15-17H2,1-3H3,(H,32,35)/t21-,22+/m0/s1. The van der Waals surface area contributed by atoms with Gasteiger partial charge in [0.05, 0.1) is 18.0 Å². The number of carbonyl (C=O) groups excluding carboxylic acids is 1. The fraction of sp³-hybridized carbons (Fsp3) is 0.444. The van der Waals surface area contributed by atoms with Gasteiger partial charge in [0.2, 0.25) is 11.8 Å². The molecule has 6 nitrogen and oxygen atoms in total. The molecule has 1 aliphatic rings. The third-order valence-electron chi connectivity index (χ3n) is 7.19. The Labute approximate surface area is 208 Å². The topological polar surface area (TPSA) is 67.3 Å². The summed E-state index contributed by atoms with van der Waals surface area (Å²) in [5.41, 5.74) is 0.564. The van der Waals surface area contributed by atoms with Gasteiger partial charge in [-0.25, -0.2) is 4.98 Å². The van der Waals surface area contributed by atoms with Gasteiger partial charge in [-0.3, -0.25) is 9.78 Å². The number of fused-ring (bicyclic) bond motifs is 1. The molecule has 0 aliphatic heterocycles. The minimum Gasteiger partial charge on any atom is -0.481 e. The van der Waals surface area contributed by atoms with Crippen molar-refractivity contribution in [3.8, 4) is 5.88 Å². The molecule has 0 saturated heterocycles. The van der Waals surface area contributed by atoms with Gasteiger partial charge in [-0.1, -0.05) is 6.07 Å². The van der Waals surface area contributed by atoms with Crippen molar-refractivity contribution < 1.29 is 22.7 Å². The van der Waals surface area contributed by atoms with E-state index in [1.54, 1.807) is 19.2 Å². The fourth-order valence-corrected chi connectivity index (χ4v) is 4.79. The van der Waals surface area contributed by atoms with E-state index in [0.717, 1.165) is 16.5 Å². The van der Waals surface area contributed by atoms with Crippen LogP contribution in [0.2, 0.25) is 0 Å². The van der Waals surface area contributed by atoms with Crippen LogP contribution >= 0.6 is 0 Å². The minimum atomic E-state index is -4.36. The maximum Gasteiger partial charge on any atom is 0.395 e. The number of methoxy groups -OCH3 is 1. The van der Waals surface area contributed by atoms with Gasteiger partial charge in [0, 0.05) is 48.8 Å². The van der Waals surface area contributed by atoms with Crippen LogP contribution in [0.25, 0.3) is 10.9 Å². The summed E-state index contributed by atoms with van der Waals surface area (Å²) < 4.78 is 47.0. The highest BCUT2D eigenvalue weighted by Crippen LogP contribution is 2.66. The van der Waals surface area contributed by atoms with Crippen LogP contribution in [-0.4, -0.2) is 60.7 Å². The molecule has 36 heavy (non-hydrogen) atoms. The molecular formula is C27H31F3N4O2. The van der Waals surface area contributed by atoms with Crippen LogP contribution in [0.4, 0.5) is 13.2 Å². The van der Waals surface area contributed by atoms with E-state index in [0.29, 0.717) is 24.4 Å². The summed E-state index contributed by atoms with van der Waals surface area (Å²) in [6, 6.07) is 12.9. The second kappa shape index (κ2) is 10.4. The number of benzene rings is 1. The summed E-state index contributed by atoms with van der Waals surface area (Å²) in [7, 11) is 5.42. The molecule has 1 aromatic carbocycles. The second-order valence-corrected chi connectivity index (χ2v) is 9.70. The molecule has 0 radical (unpaired) electrons. The monoisotopic (exact) mass is 500 g/mol. The molecule has 0 unspecified atom stereocenters. The molecule has 3 aromatic rings. The van der Waals surface area contributed by atoms with Crippen molar-refractivity contribution >= 4 is 16.8 Å². The first-order valence-electron chi connectivity index (χ1n) is 12.0. The zero-order valence-corrected chi connectivity index (χ0v) is 20.7. The van der Waals surface area contributed by atoms with Crippen LogP contribution in [-0.2, 0) is 11.2 Å². The normalized spacial score (nSPS) is 16.5. The molecule has 1 saturated carbocycles. The number of pyridine rings is 2. The minimum absolute atomic E-state index is 0.0329. The highest BCUT2D eigenvalue weighted by molar-refractivity contribution is 5.80. The number of alkyl halides is 3. The van der Waals surface area contributed by atoms with E-state index in [9.17, 15) is 18.0 Å². The summed E-state index contributed by atoms with van der Waals surface area (Å²) in [5, 5.41) is 3.88. The van der Waals surface area contributed by atoms with Crippen molar-refractivity contribution in [3.63, 3.8) is 0 Å². The average Bonchev–Trinajstić information content (AvgIpc) is 3.67. The predicted molar refractivity (Wildman–Crippen MR) is 132 cm³/mol. The molecule has 2 aromatic heterocycles. The van der Waals surface area contributed by atoms with Crippen LogP contribution in [0.1, 0.15) is 36.3 Å². The van der Waals surface area contributed by atoms with Crippen LogP contribution in [0.5, 0.6) is 5.88 Å². The summed E-state index contributed by atoms with van der Waals surface area (Å²) in [6.45, 7) is 0.326. The first-order chi connectivity index (χ1) is 17.1. The largest absolute Gasteiger partial charge is 0.481 e. The summed E-state index contributed by atoms with van der Waals surface area (Å²) >= 11 is 0. The van der Waals surface area contributed by atoms with E-state index in [-0.39, 0.29) is 31.2 Å². The van der Waals surface area contributed by atoms with Gasteiger partial charge in [-0.05, 0) is 74.8 Å². The molecule has 4 rings (SSSR count). The summed E-state index contributed by atoms with van der Waals surface area (Å²) in [5.74, 6) is -0.759. The predicted octanol–water partition coefficient (Wildman–Crippen LogP) is 4.74. The first kappa shape index (κ1) is 25.9. The van der Waals surface area contributed by atoms with Crippen molar-refractivity contribution in [2.45, 2.75) is 43.8 Å². The van der Waals surface area contributed by atoms with Crippen molar-refractivity contribution in [3.05, 3.63) is 66.0 Å². The van der Waals surface area contributed by atoms with Gasteiger partial charge in [-0.2, -0.15) is 13.2 Å². The van der Waals surface area contributed by atoms with E-state index < -0.39 is 17.5 Å². The number of carbonyl (C=O) groups is 1.